The maximum atomic E-state index is 5.88. The van der Waals surface area contributed by atoms with Gasteiger partial charge in [-0.05, 0) is 60.0 Å². The molecule has 3 heteroatoms. The Labute approximate surface area is 111 Å². The minimum Gasteiger partial charge on any atom is -0.316 e. The maximum Gasteiger partial charge on any atom is 0.0406 e. The van der Waals surface area contributed by atoms with Gasteiger partial charge in [-0.25, -0.2) is 0 Å². The number of nitrogens with one attached hydrogen (secondary N) is 1. The van der Waals surface area contributed by atoms with Crippen LogP contribution in [0, 0.1) is 0 Å². The lowest BCUT2D eigenvalue weighted by molar-refractivity contribution is 0.557. The number of hydrogen-bond acceptors (Lipinski definition) is 2. The molecule has 0 saturated carbocycles. The van der Waals surface area contributed by atoms with E-state index in [-0.39, 0.29) is 0 Å². The summed E-state index contributed by atoms with van der Waals surface area (Å²) >= 11 is 7.64. The quantitative estimate of drug-likeness (QED) is 0.868. The van der Waals surface area contributed by atoms with Crippen molar-refractivity contribution >= 4 is 22.9 Å². The number of thiophene rings is 1. The van der Waals surface area contributed by atoms with Crippen molar-refractivity contribution in [2.24, 2.45) is 0 Å². The Morgan fingerprint density at radius 1 is 1.12 bits per heavy atom. The number of hydrogen-bond donors (Lipinski definition) is 1. The van der Waals surface area contributed by atoms with Crippen molar-refractivity contribution < 1.29 is 0 Å². The van der Waals surface area contributed by atoms with Crippen LogP contribution in [0.15, 0.2) is 41.1 Å². The van der Waals surface area contributed by atoms with Crippen LogP contribution in [-0.2, 0) is 12.8 Å². The summed E-state index contributed by atoms with van der Waals surface area (Å²) in [6, 6.07) is 10.8. The maximum absolute atomic E-state index is 5.88. The fourth-order valence-corrected chi connectivity index (χ4v) is 2.68. The van der Waals surface area contributed by atoms with Crippen molar-refractivity contribution in [2.45, 2.75) is 18.9 Å². The van der Waals surface area contributed by atoms with E-state index in [4.69, 9.17) is 11.6 Å². The summed E-state index contributed by atoms with van der Waals surface area (Å²) in [7, 11) is 2.02. The van der Waals surface area contributed by atoms with Crippen LogP contribution in [0.3, 0.4) is 0 Å². The van der Waals surface area contributed by atoms with Gasteiger partial charge in [0.2, 0.25) is 0 Å². The van der Waals surface area contributed by atoms with Gasteiger partial charge in [-0.15, -0.1) is 0 Å². The zero-order chi connectivity index (χ0) is 12.1. The largest absolute Gasteiger partial charge is 0.316 e. The first-order valence-electron chi connectivity index (χ1n) is 5.70. The first-order valence-corrected chi connectivity index (χ1v) is 7.03. The molecule has 0 amide bonds. The van der Waals surface area contributed by atoms with Gasteiger partial charge >= 0.3 is 0 Å². The van der Waals surface area contributed by atoms with Gasteiger partial charge in [-0.1, -0.05) is 23.7 Å². The van der Waals surface area contributed by atoms with Crippen LogP contribution in [0.1, 0.15) is 11.1 Å². The average molecular weight is 266 g/mol. The predicted molar refractivity (Wildman–Crippen MR) is 76.0 cm³/mol. The van der Waals surface area contributed by atoms with E-state index in [9.17, 15) is 0 Å². The Morgan fingerprint density at radius 3 is 2.41 bits per heavy atom. The lowest BCUT2D eigenvalue weighted by Gasteiger charge is -2.15. The minimum absolute atomic E-state index is 0.478. The highest BCUT2D eigenvalue weighted by Gasteiger charge is 2.08. The smallest absolute Gasteiger partial charge is 0.0406 e. The Balaban J connectivity index is 1.97. The van der Waals surface area contributed by atoms with Crippen molar-refractivity contribution in [1.29, 1.82) is 0 Å². The van der Waals surface area contributed by atoms with Gasteiger partial charge in [0.15, 0.2) is 0 Å². The fraction of sp³-hybridized carbons (Fsp3) is 0.286. The standard InChI is InChI=1S/C14H16ClNS/c1-16-14(9-12-6-7-17-10-12)8-11-2-4-13(15)5-3-11/h2-7,10,14,16H,8-9H2,1H3. The first-order chi connectivity index (χ1) is 8.28. The number of halogens is 1. The number of benzene rings is 1. The van der Waals surface area contributed by atoms with Crippen molar-refractivity contribution in [1.82, 2.24) is 5.32 Å². The highest BCUT2D eigenvalue weighted by atomic mass is 35.5. The third-order valence-electron chi connectivity index (χ3n) is 2.87. The van der Waals surface area contributed by atoms with Gasteiger partial charge in [-0.2, -0.15) is 11.3 Å². The van der Waals surface area contributed by atoms with Gasteiger partial charge in [0, 0.05) is 11.1 Å². The zero-order valence-corrected chi connectivity index (χ0v) is 11.4. The molecule has 1 unspecified atom stereocenters. The van der Waals surface area contributed by atoms with Crippen molar-refractivity contribution in [3.05, 3.63) is 57.2 Å². The van der Waals surface area contributed by atoms with E-state index in [1.54, 1.807) is 11.3 Å². The summed E-state index contributed by atoms with van der Waals surface area (Å²) < 4.78 is 0. The van der Waals surface area contributed by atoms with E-state index in [1.165, 1.54) is 11.1 Å². The van der Waals surface area contributed by atoms with E-state index in [0.29, 0.717) is 6.04 Å². The summed E-state index contributed by atoms with van der Waals surface area (Å²) in [6.07, 6.45) is 2.10. The molecular formula is C14H16ClNS. The highest BCUT2D eigenvalue weighted by Crippen LogP contribution is 2.14. The van der Waals surface area contributed by atoms with Crippen LogP contribution in [0.4, 0.5) is 0 Å². The van der Waals surface area contributed by atoms with Gasteiger partial charge in [0.05, 0.1) is 0 Å². The molecule has 1 nitrogen and oxygen atoms in total. The molecule has 90 valence electrons. The molecule has 0 radical (unpaired) electrons. The summed E-state index contributed by atoms with van der Waals surface area (Å²) in [5.74, 6) is 0. The van der Waals surface area contributed by atoms with Crippen LogP contribution in [0.25, 0.3) is 0 Å². The van der Waals surface area contributed by atoms with Crippen LogP contribution >= 0.6 is 22.9 Å². The molecule has 0 bridgehead atoms. The second-order valence-electron chi connectivity index (χ2n) is 4.15. The van der Waals surface area contributed by atoms with Gasteiger partial charge in [-0.3, -0.25) is 0 Å². The Bertz CT molecular complexity index is 436. The zero-order valence-electron chi connectivity index (χ0n) is 9.82. The molecule has 1 N–H and O–H groups in total. The number of rotatable bonds is 5. The molecule has 0 spiro atoms. The molecule has 0 fully saturated rings. The summed E-state index contributed by atoms with van der Waals surface area (Å²) in [5.41, 5.74) is 2.73. The second-order valence-corrected chi connectivity index (χ2v) is 5.37. The van der Waals surface area contributed by atoms with Gasteiger partial charge in [0.1, 0.15) is 0 Å². The topological polar surface area (TPSA) is 12.0 Å². The van der Waals surface area contributed by atoms with E-state index in [2.05, 4.69) is 34.3 Å². The van der Waals surface area contributed by atoms with Crippen LogP contribution in [0.5, 0.6) is 0 Å². The third kappa shape index (κ3) is 3.84. The molecule has 0 aliphatic carbocycles. The van der Waals surface area contributed by atoms with Gasteiger partial charge in [0.25, 0.3) is 0 Å². The van der Waals surface area contributed by atoms with Crippen molar-refractivity contribution in [3.63, 3.8) is 0 Å². The van der Waals surface area contributed by atoms with Crippen molar-refractivity contribution in [3.8, 4) is 0 Å². The van der Waals surface area contributed by atoms with Crippen LogP contribution in [-0.4, -0.2) is 13.1 Å². The Morgan fingerprint density at radius 2 is 1.82 bits per heavy atom. The summed E-state index contributed by atoms with van der Waals surface area (Å²) in [5, 5.41) is 8.52. The summed E-state index contributed by atoms with van der Waals surface area (Å²) in [4.78, 5) is 0. The van der Waals surface area contributed by atoms with Crippen molar-refractivity contribution in [2.75, 3.05) is 7.05 Å². The fourth-order valence-electron chi connectivity index (χ4n) is 1.87. The Kier molecular flexibility index (Phi) is 4.60. The normalized spacial score (nSPS) is 12.6. The predicted octanol–water partition coefficient (Wildman–Crippen LogP) is 3.77. The highest BCUT2D eigenvalue weighted by molar-refractivity contribution is 7.07. The lowest BCUT2D eigenvalue weighted by atomic mass is 10.0. The monoisotopic (exact) mass is 265 g/mol. The molecule has 0 aliphatic rings. The van der Waals surface area contributed by atoms with E-state index in [1.807, 2.05) is 19.2 Å². The molecule has 2 aromatic rings. The lowest BCUT2D eigenvalue weighted by Crippen LogP contribution is -2.29. The van der Waals surface area contributed by atoms with Crippen LogP contribution in [0.2, 0.25) is 5.02 Å². The molecule has 17 heavy (non-hydrogen) atoms. The SMILES string of the molecule is CNC(Cc1ccc(Cl)cc1)Cc1ccsc1. The summed E-state index contributed by atoms with van der Waals surface area (Å²) in [6.45, 7) is 0. The molecule has 0 saturated heterocycles. The molecule has 2 rings (SSSR count). The van der Waals surface area contributed by atoms with E-state index >= 15 is 0 Å². The second kappa shape index (κ2) is 6.20. The number of likely N-dealkylation sites (N-methyl/N-ethyl adjacent to an activating group) is 1. The third-order valence-corrected chi connectivity index (χ3v) is 3.85. The minimum atomic E-state index is 0.478. The molecule has 0 aliphatic heterocycles. The van der Waals surface area contributed by atoms with E-state index < -0.39 is 0 Å². The Hall–Kier alpha value is -0.830. The molecule has 1 heterocycles. The van der Waals surface area contributed by atoms with Crippen LogP contribution < -0.4 is 5.32 Å². The van der Waals surface area contributed by atoms with E-state index in [0.717, 1.165) is 17.9 Å². The first kappa shape index (κ1) is 12.6. The molecular weight excluding hydrogens is 250 g/mol. The molecule has 1 aromatic heterocycles. The molecule has 1 aromatic carbocycles. The van der Waals surface area contributed by atoms with Gasteiger partial charge < -0.3 is 5.32 Å². The average Bonchev–Trinajstić information content (AvgIpc) is 2.84. The molecule has 1 atom stereocenters.